The maximum atomic E-state index is 13.3. The van der Waals surface area contributed by atoms with Gasteiger partial charge in [0.1, 0.15) is 0 Å². The molecule has 1 aromatic rings. The lowest BCUT2D eigenvalue weighted by molar-refractivity contribution is -0.135. The third kappa shape index (κ3) is 7.03. The molecular weight excluding hydrogens is 412 g/mol. The normalized spacial score (nSPS) is 21.8. The van der Waals surface area contributed by atoms with Crippen molar-refractivity contribution in [1.29, 1.82) is 0 Å². The smallest absolute Gasteiger partial charge is 0.237 e. The molecule has 0 bridgehead atoms. The Hall–Kier alpha value is -1.92. The number of aryl methyl sites for hydroxylation is 1. The van der Waals surface area contributed by atoms with Crippen LogP contribution in [0.2, 0.25) is 0 Å². The third-order valence-electron chi connectivity index (χ3n) is 7.82. The van der Waals surface area contributed by atoms with E-state index in [1.54, 1.807) is 0 Å². The Morgan fingerprint density at radius 1 is 0.879 bits per heavy atom. The Morgan fingerprint density at radius 3 is 2.27 bits per heavy atom. The first-order valence-corrected chi connectivity index (χ1v) is 13.3. The van der Waals surface area contributed by atoms with Crippen molar-refractivity contribution in [3.8, 4) is 0 Å². The van der Waals surface area contributed by atoms with Crippen molar-refractivity contribution >= 4 is 11.8 Å². The first kappa shape index (κ1) is 24.2. The first-order valence-electron chi connectivity index (χ1n) is 13.3. The molecule has 2 amide bonds. The summed E-state index contributed by atoms with van der Waals surface area (Å²) in [5.41, 5.74) is 1.21. The summed E-state index contributed by atoms with van der Waals surface area (Å²) >= 11 is 0. The van der Waals surface area contributed by atoms with Crippen LogP contribution in [-0.2, 0) is 16.0 Å². The number of piperazine rings is 1. The van der Waals surface area contributed by atoms with Crippen molar-refractivity contribution in [2.24, 2.45) is 5.92 Å². The molecule has 2 heterocycles. The minimum absolute atomic E-state index is 0.0320. The molecule has 0 spiro atoms. The zero-order valence-corrected chi connectivity index (χ0v) is 20.2. The fourth-order valence-electron chi connectivity index (χ4n) is 5.88. The van der Waals surface area contributed by atoms with Gasteiger partial charge in [-0.3, -0.25) is 14.5 Å². The van der Waals surface area contributed by atoms with Gasteiger partial charge in [-0.25, -0.2) is 0 Å². The molecule has 33 heavy (non-hydrogen) atoms. The van der Waals surface area contributed by atoms with Gasteiger partial charge in [0, 0.05) is 45.7 Å². The standard InChI is InChI=1S/C27H42N4O2/c32-25(14-13-23-9-3-1-4-10-23)30-19-21-31(22-20-30)26(24-11-5-6-12-24)27(33)28-15-18-29-16-7-2-8-17-29/h1,3-4,9-10,24,26H,2,5-8,11-22H2,(H,28,33)/t26-/m1/s1. The van der Waals surface area contributed by atoms with Gasteiger partial charge in [-0.1, -0.05) is 49.6 Å². The fourth-order valence-corrected chi connectivity index (χ4v) is 5.88. The average Bonchev–Trinajstić information content (AvgIpc) is 3.39. The summed E-state index contributed by atoms with van der Waals surface area (Å²) in [7, 11) is 0. The highest BCUT2D eigenvalue weighted by atomic mass is 16.2. The van der Waals surface area contributed by atoms with E-state index in [0.29, 0.717) is 12.3 Å². The molecule has 1 saturated carbocycles. The van der Waals surface area contributed by atoms with Gasteiger partial charge in [-0.15, -0.1) is 0 Å². The lowest BCUT2D eigenvalue weighted by atomic mass is 9.95. The van der Waals surface area contributed by atoms with E-state index < -0.39 is 0 Å². The molecule has 0 unspecified atom stereocenters. The Bertz CT molecular complexity index is 736. The molecular formula is C27H42N4O2. The van der Waals surface area contributed by atoms with Crippen LogP contribution in [0.3, 0.4) is 0 Å². The summed E-state index contributed by atoms with van der Waals surface area (Å²) in [4.78, 5) is 32.9. The molecule has 3 fully saturated rings. The Kier molecular flexibility index (Phi) is 9.18. The SMILES string of the molecule is O=C(NCCN1CCCCC1)[C@@H](C1CCCC1)N1CCN(C(=O)CCc2ccccc2)CC1. The van der Waals surface area contributed by atoms with Crippen LogP contribution in [0.4, 0.5) is 0 Å². The quantitative estimate of drug-likeness (QED) is 0.623. The lowest BCUT2D eigenvalue weighted by Gasteiger charge is -2.41. The molecule has 0 aromatic heterocycles. The van der Waals surface area contributed by atoms with Gasteiger partial charge in [0.15, 0.2) is 0 Å². The third-order valence-corrected chi connectivity index (χ3v) is 7.82. The van der Waals surface area contributed by atoms with E-state index in [4.69, 9.17) is 0 Å². The number of hydrogen-bond acceptors (Lipinski definition) is 4. The van der Waals surface area contributed by atoms with Crippen molar-refractivity contribution in [1.82, 2.24) is 20.0 Å². The highest BCUT2D eigenvalue weighted by molar-refractivity contribution is 5.82. The number of nitrogens with zero attached hydrogens (tertiary/aromatic N) is 3. The predicted octanol–water partition coefficient (Wildman–Crippen LogP) is 2.92. The Morgan fingerprint density at radius 2 is 1.58 bits per heavy atom. The van der Waals surface area contributed by atoms with Gasteiger partial charge in [-0.2, -0.15) is 0 Å². The Labute approximate surface area is 199 Å². The van der Waals surface area contributed by atoms with Crippen molar-refractivity contribution < 1.29 is 9.59 Å². The maximum absolute atomic E-state index is 13.3. The molecule has 1 N–H and O–H groups in total. The highest BCUT2D eigenvalue weighted by Gasteiger charge is 2.37. The van der Waals surface area contributed by atoms with E-state index in [-0.39, 0.29) is 17.9 Å². The van der Waals surface area contributed by atoms with E-state index in [1.807, 2.05) is 23.1 Å². The molecule has 1 aromatic carbocycles. The number of rotatable bonds is 9. The lowest BCUT2D eigenvalue weighted by Crippen LogP contribution is -2.58. The second kappa shape index (κ2) is 12.5. The molecule has 3 aliphatic rings. The number of hydrogen-bond donors (Lipinski definition) is 1. The predicted molar refractivity (Wildman–Crippen MR) is 132 cm³/mol. The minimum atomic E-state index is -0.0320. The monoisotopic (exact) mass is 454 g/mol. The van der Waals surface area contributed by atoms with E-state index in [9.17, 15) is 9.59 Å². The first-order chi connectivity index (χ1) is 16.2. The van der Waals surface area contributed by atoms with Gasteiger partial charge in [0.25, 0.3) is 0 Å². The molecule has 0 radical (unpaired) electrons. The largest absolute Gasteiger partial charge is 0.353 e. The van der Waals surface area contributed by atoms with Crippen LogP contribution in [-0.4, -0.2) is 84.9 Å². The second-order valence-electron chi connectivity index (χ2n) is 10.1. The van der Waals surface area contributed by atoms with Crippen LogP contribution >= 0.6 is 0 Å². The van der Waals surface area contributed by atoms with Crippen LogP contribution in [0.15, 0.2) is 30.3 Å². The molecule has 6 nitrogen and oxygen atoms in total. The molecule has 2 saturated heterocycles. The summed E-state index contributed by atoms with van der Waals surface area (Å²) in [5.74, 6) is 0.907. The summed E-state index contributed by atoms with van der Waals surface area (Å²) in [6.45, 7) is 7.13. The summed E-state index contributed by atoms with van der Waals surface area (Å²) in [5, 5.41) is 3.27. The molecule has 1 aliphatic carbocycles. The van der Waals surface area contributed by atoms with Crippen molar-refractivity contribution in [2.45, 2.75) is 63.8 Å². The second-order valence-corrected chi connectivity index (χ2v) is 10.1. The zero-order valence-electron chi connectivity index (χ0n) is 20.2. The summed E-state index contributed by atoms with van der Waals surface area (Å²) in [6, 6.07) is 10.2. The maximum Gasteiger partial charge on any atom is 0.237 e. The van der Waals surface area contributed by atoms with Crippen LogP contribution in [0.5, 0.6) is 0 Å². The molecule has 1 atom stereocenters. The molecule has 182 valence electrons. The minimum Gasteiger partial charge on any atom is -0.353 e. The van der Waals surface area contributed by atoms with Crippen LogP contribution < -0.4 is 5.32 Å². The van der Waals surface area contributed by atoms with Gasteiger partial charge in [0.2, 0.25) is 11.8 Å². The topological polar surface area (TPSA) is 55.9 Å². The Balaban J connectivity index is 1.25. The number of nitrogens with one attached hydrogen (secondary N) is 1. The van der Waals surface area contributed by atoms with E-state index >= 15 is 0 Å². The van der Waals surface area contributed by atoms with Crippen LogP contribution in [0.1, 0.15) is 56.9 Å². The fraction of sp³-hybridized carbons (Fsp3) is 0.704. The van der Waals surface area contributed by atoms with E-state index in [2.05, 4.69) is 27.2 Å². The summed E-state index contributed by atoms with van der Waals surface area (Å²) in [6.07, 6.45) is 10.0. The van der Waals surface area contributed by atoms with Gasteiger partial charge < -0.3 is 15.1 Å². The molecule has 6 heteroatoms. The van der Waals surface area contributed by atoms with Crippen LogP contribution in [0.25, 0.3) is 0 Å². The summed E-state index contributed by atoms with van der Waals surface area (Å²) < 4.78 is 0. The highest BCUT2D eigenvalue weighted by Crippen LogP contribution is 2.31. The molecule has 2 aliphatic heterocycles. The van der Waals surface area contributed by atoms with Gasteiger partial charge in [0.05, 0.1) is 6.04 Å². The number of carbonyl (C=O) groups excluding carboxylic acids is 2. The average molecular weight is 455 g/mol. The number of carbonyl (C=O) groups is 2. The van der Waals surface area contributed by atoms with Crippen molar-refractivity contribution in [3.63, 3.8) is 0 Å². The van der Waals surface area contributed by atoms with Crippen LogP contribution in [0, 0.1) is 5.92 Å². The molecule has 4 rings (SSSR count). The number of benzene rings is 1. The number of likely N-dealkylation sites (tertiary alicyclic amines) is 1. The van der Waals surface area contributed by atoms with Gasteiger partial charge in [-0.05, 0) is 56.7 Å². The van der Waals surface area contributed by atoms with Crippen molar-refractivity contribution in [3.05, 3.63) is 35.9 Å². The van der Waals surface area contributed by atoms with E-state index in [1.165, 1.54) is 50.8 Å². The van der Waals surface area contributed by atoms with Crippen molar-refractivity contribution in [2.75, 3.05) is 52.4 Å². The van der Waals surface area contributed by atoms with Gasteiger partial charge >= 0.3 is 0 Å². The van der Waals surface area contributed by atoms with E-state index in [0.717, 1.165) is 58.5 Å². The zero-order chi connectivity index (χ0) is 22.9. The number of amides is 2. The number of piperidine rings is 1.